The first-order valence-corrected chi connectivity index (χ1v) is 9.40. The molecule has 1 atom stereocenters. The fourth-order valence-corrected chi connectivity index (χ4v) is 5.33. The predicted molar refractivity (Wildman–Crippen MR) is 81.6 cm³/mol. The van der Waals surface area contributed by atoms with E-state index in [1.54, 1.807) is 20.9 Å². The lowest BCUT2D eigenvalue weighted by molar-refractivity contribution is 0.492. The van der Waals surface area contributed by atoms with Crippen molar-refractivity contribution < 1.29 is 12.8 Å². The van der Waals surface area contributed by atoms with Crippen molar-refractivity contribution in [1.82, 2.24) is 10.0 Å². The largest absolute Gasteiger partial charge is 0.465 e. The maximum absolute atomic E-state index is 12.5. The minimum absolute atomic E-state index is 0.301. The molecule has 7 heteroatoms. The van der Waals surface area contributed by atoms with Crippen molar-refractivity contribution in [2.24, 2.45) is 5.92 Å². The van der Waals surface area contributed by atoms with Crippen LogP contribution in [0, 0.1) is 19.8 Å². The van der Waals surface area contributed by atoms with Gasteiger partial charge in [0.1, 0.15) is 16.4 Å². The summed E-state index contributed by atoms with van der Waals surface area (Å²) in [6.45, 7) is 4.50. The van der Waals surface area contributed by atoms with Crippen LogP contribution in [-0.2, 0) is 16.6 Å². The number of hydrogen-bond donors (Lipinski definition) is 2. The van der Waals surface area contributed by atoms with Crippen LogP contribution in [0.15, 0.2) is 9.31 Å². The van der Waals surface area contributed by atoms with E-state index in [1.165, 1.54) is 0 Å². The topological polar surface area (TPSA) is 71.3 Å². The molecule has 0 aromatic carbocycles. The number of hydrogen-bond acceptors (Lipinski definition) is 5. The molecular formula is C13H22N2O3S2. The minimum Gasteiger partial charge on any atom is -0.465 e. The van der Waals surface area contributed by atoms with Crippen LogP contribution in [0.1, 0.15) is 23.5 Å². The lowest BCUT2D eigenvalue weighted by Crippen LogP contribution is -2.30. The van der Waals surface area contributed by atoms with Crippen LogP contribution in [0.2, 0.25) is 0 Å². The summed E-state index contributed by atoms with van der Waals surface area (Å²) < 4.78 is 33.3. The number of rotatable bonds is 6. The average molecular weight is 318 g/mol. The Balaban J connectivity index is 2.19. The fourth-order valence-electron chi connectivity index (χ4n) is 2.49. The lowest BCUT2D eigenvalue weighted by Gasteiger charge is -2.11. The van der Waals surface area contributed by atoms with Gasteiger partial charge in [0.05, 0.1) is 0 Å². The van der Waals surface area contributed by atoms with E-state index in [2.05, 4.69) is 10.0 Å². The molecule has 1 saturated heterocycles. The van der Waals surface area contributed by atoms with Gasteiger partial charge in [-0.3, -0.25) is 0 Å². The van der Waals surface area contributed by atoms with Crippen molar-refractivity contribution in [2.45, 2.75) is 31.7 Å². The second-order valence-corrected chi connectivity index (χ2v) is 7.99. The Kier molecular flexibility index (Phi) is 5.17. The van der Waals surface area contributed by atoms with Crippen LogP contribution in [0.25, 0.3) is 0 Å². The standard InChI is InChI=1S/C13H22N2O3S2/c1-9-12(7-14-3)13(10(2)18-9)20(16,17)15-6-11-4-5-19-8-11/h11,14-15H,4-8H2,1-3H3. The lowest BCUT2D eigenvalue weighted by atomic mass is 10.1. The number of furan rings is 1. The highest BCUT2D eigenvalue weighted by molar-refractivity contribution is 7.99. The smallest absolute Gasteiger partial charge is 0.244 e. The van der Waals surface area contributed by atoms with Gasteiger partial charge in [-0.1, -0.05) is 0 Å². The van der Waals surface area contributed by atoms with E-state index in [4.69, 9.17) is 4.42 Å². The van der Waals surface area contributed by atoms with Gasteiger partial charge in [0.2, 0.25) is 10.0 Å². The maximum atomic E-state index is 12.5. The van der Waals surface area contributed by atoms with Gasteiger partial charge >= 0.3 is 0 Å². The third-order valence-electron chi connectivity index (χ3n) is 3.53. The van der Waals surface area contributed by atoms with Gasteiger partial charge in [0.15, 0.2) is 0 Å². The molecule has 0 aliphatic carbocycles. The van der Waals surface area contributed by atoms with Gasteiger partial charge in [-0.05, 0) is 44.7 Å². The first-order chi connectivity index (χ1) is 9.45. The summed E-state index contributed by atoms with van der Waals surface area (Å²) in [6, 6.07) is 0. The van der Waals surface area contributed by atoms with E-state index >= 15 is 0 Å². The molecule has 1 aromatic heterocycles. The Bertz CT molecular complexity index is 560. The molecule has 1 fully saturated rings. The molecule has 1 aliphatic heterocycles. The SMILES string of the molecule is CNCc1c(C)oc(C)c1S(=O)(=O)NCC1CCSC1. The van der Waals surface area contributed by atoms with E-state index in [-0.39, 0.29) is 0 Å². The second-order valence-electron chi connectivity index (χ2n) is 5.13. The van der Waals surface area contributed by atoms with E-state index < -0.39 is 10.0 Å². The molecule has 1 unspecified atom stereocenters. The summed E-state index contributed by atoms with van der Waals surface area (Å²) in [6.07, 6.45) is 1.08. The summed E-state index contributed by atoms with van der Waals surface area (Å²) in [5.74, 6) is 3.72. The van der Waals surface area contributed by atoms with Gasteiger partial charge in [0.25, 0.3) is 0 Å². The van der Waals surface area contributed by atoms with Gasteiger partial charge < -0.3 is 9.73 Å². The van der Waals surface area contributed by atoms with Gasteiger partial charge in [-0.25, -0.2) is 13.1 Å². The highest BCUT2D eigenvalue weighted by Crippen LogP contribution is 2.27. The summed E-state index contributed by atoms with van der Waals surface area (Å²) in [5, 5.41) is 2.99. The predicted octanol–water partition coefficient (Wildman–Crippen LogP) is 1.65. The van der Waals surface area contributed by atoms with E-state index in [9.17, 15) is 8.42 Å². The molecule has 0 amide bonds. The highest BCUT2D eigenvalue weighted by Gasteiger charge is 2.27. The molecule has 2 N–H and O–H groups in total. The van der Waals surface area contributed by atoms with Crippen LogP contribution >= 0.6 is 11.8 Å². The van der Waals surface area contributed by atoms with Crippen molar-refractivity contribution in [2.75, 3.05) is 25.1 Å². The molecule has 0 radical (unpaired) electrons. The number of aryl methyl sites for hydroxylation is 2. The van der Waals surface area contributed by atoms with E-state index in [0.717, 1.165) is 23.5 Å². The molecule has 1 aromatic rings. The molecule has 0 bridgehead atoms. The summed E-state index contributed by atoms with van der Waals surface area (Å²) in [4.78, 5) is 0.301. The Morgan fingerprint density at radius 1 is 1.35 bits per heavy atom. The van der Waals surface area contributed by atoms with Crippen molar-refractivity contribution in [1.29, 1.82) is 0 Å². The summed E-state index contributed by atoms with van der Waals surface area (Å²) in [7, 11) is -1.71. The minimum atomic E-state index is -3.50. The van der Waals surface area contributed by atoms with Crippen molar-refractivity contribution >= 4 is 21.8 Å². The van der Waals surface area contributed by atoms with Gasteiger partial charge in [-0.2, -0.15) is 11.8 Å². The quantitative estimate of drug-likeness (QED) is 0.834. The zero-order valence-corrected chi connectivity index (χ0v) is 13.8. The number of sulfonamides is 1. The Morgan fingerprint density at radius 3 is 2.70 bits per heavy atom. The number of nitrogens with one attached hydrogen (secondary N) is 2. The Labute approximate surface area is 124 Å². The summed E-state index contributed by atoms with van der Waals surface area (Å²) in [5.41, 5.74) is 0.721. The summed E-state index contributed by atoms with van der Waals surface area (Å²) >= 11 is 1.88. The monoisotopic (exact) mass is 318 g/mol. The third kappa shape index (κ3) is 3.39. The van der Waals surface area contributed by atoms with Crippen molar-refractivity contribution in [3.63, 3.8) is 0 Å². The fraction of sp³-hybridized carbons (Fsp3) is 0.692. The first-order valence-electron chi connectivity index (χ1n) is 6.76. The van der Waals surface area contributed by atoms with Crippen LogP contribution in [0.3, 0.4) is 0 Å². The van der Waals surface area contributed by atoms with Crippen LogP contribution in [-0.4, -0.2) is 33.5 Å². The zero-order valence-electron chi connectivity index (χ0n) is 12.2. The molecule has 0 spiro atoms. The average Bonchev–Trinajstić information content (AvgIpc) is 2.97. The van der Waals surface area contributed by atoms with Crippen LogP contribution < -0.4 is 10.0 Å². The van der Waals surface area contributed by atoms with Gasteiger partial charge in [0, 0.05) is 18.7 Å². The molecular weight excluding hydrogens is 296 g/mol. The first kappa shape index (κ1) is 15.9. The molecule has 114 valence electrons. The molecule has 5 nitrogen and oxygen atoms in total. The van der Waals surface area contributed by atoms with Crippen LogP contribution in [0.5, 0.6) is 0 Å². The normalized spacial score (nSPS) is 19.6. The maximum Gasteiger partial charge on any atom is 0.244 e. The molecule has 2 heterocycles. The molecule has 1 aliphatic rings. The highest BCUT2D eigenvalue weighted by atomic mass is 32.2. The van der Waals surface area contributed by atoms with Crippen molar-refractivity contribution in [3.8, 4) is 0 Å². The van der Waals surface area contributed by atoms with Gasteiger partial charge in [-0.15, -0.1) is 0 Å². The van der Waals surface area contributed by atoms with E-state index in [1.807, 2.05) is 11.8 Å². The Hall–Kier alpha value is -0.500. The van der Waals surface area contributed by atoms with Crippen molar-refractivity contribution in [3.05, 3.63) is 17.1 Å². The van der Waals surface area contributed by atoms with E-state index in [0.29, 0.717) is 35.4 Å². The second kappa shape index (κ2) is 6.51. The number of thioether (sulfide) groups is 1. The third-order valence-corrected chi connectivity index (χ3v) is 6.38. The Morgan fingerprint density at radius 2 is 2.10 bits per heavy atom. The molecule has 0 saturated carbocycles. The van der Waals surface area contributed by atoms with Crippen LogP contribution in [0.4, 0.5) is 0 Å². The molecule has 2 rings (SSSR count). The zero-order chi connectivity index (χ0) is 14.8. The molecule has 20 heavy (non-hydrogen) atoms.